The van der Waals surface area contributed by atoms with Gasteiger partial charge in [0.25, 0.3) is 0 Å². The molecular formula is C19H29IN4S. The van der Waals surface area contributed by atoms with E-state index in [1.54, 1.807) is 0 Å². The Labute approximate surface area is 172 Å². The van der Waals surface area contributed by atoms with Gasteiger partial charge in [-0.1, -0.05) is 24.3 Å². The molecule has 2 N–H and O–H groups in total. The summed E-state index contributed by atoms with van der Waals surface area (Å²) in [7, 11) is 1.85. The summed E-state index contributed by atoms with van der Waals surface area (Å²) in [5.74, 6) is 0.912. The number of benzene rings is 1. The first-order valence-electron chi connectivity index (χ1n) is 8.77. The standard InChI is InChI=1S/C19H28N4S.HI/c1-20-19(22-16-7-10-18(13-16)24-2)21-14-15-5-8-17(9-6-15)23-11-3-4-12-23;/h3-6,8-9,16,18H,7,10-14H2,1-2H3,(H2,20,21,22);1H. The zero-order chi connectivity index (χ0) is 16.8. The van der Waals surface area contributed by atoms with Gasteiger partial charge in [0.15, 0.2) is 5.96 Å². The van der Waals surface area contributed by atoms with Gasteiger partial charge in [-0.15, -0.1) is 24.0 Å². The number of nitrogens with one attached hydrogen (secondary N) is 2. The average Bonchev–Trinajstić information content (AvgIpc) is 3.30. The number of nitrogens with zero attached hydrogens (tertiary/aromatic N) is 2. The van der Waals surface area contributed by atoms with E-state index in [4.69, 9.17) is 0 Å². The summed E-state index contributed by atoms with van der Waals surface area (Å²) in [4.78, 5) is 6.73. The van der Waals surface area contributed by atoms with Crippen LogP contribution in [-0.4, -0.2) is 43.6 Å². The van der Waals surface area contributed by atoms with E-state index in [1.165, 1.54) is 30.5 Å². The third-order valence-electron chi connectivity index (χ3n) is 4.86. The van der Waals surface area contributed by atoms with Crippen molar-refractivity contribution in [2.75, 3.05) is 31.3 Å². The number of hydrogen-bond donors (Lipinski definition) is 2. The third-order valence-corrected chi connectivity index (χ3v) is 5.96. The highest BCUT2D eigenvalue weighted by Gasteiger charge is 2.24. The van der Waals surface area contributed by atoms with Gasteiger partial charge in [-0.25, -0.2) is 0 Å². The van der Waals surface area contributed by atoms with Gasteiger partial charge in [0.2, 0.25) is 0 Å². The second kappa shape index (κ2) is 10.3. The van der Waals surface area contributed by atoms with E-state index in [-0.39, 0.29) is 24.0 Å². The van der Waals surface area contributed by atoms with Gasteiger partial charge in [0, 0.05) is 43.7 Å². The first-order valence-corrected chi connectivity index (χ1v) is 10.1. The van der Waals surface area contributed by atoms with Crippen molar-refractivity contribution in [1.82, 2.24) is 10.6 Å². The SMILES string of the molecule is CN=C(NCc1ccc(N2CC=CC2)cc1)NC1CCC(SC)C1.I. The topological polar surface area (TPSA) is 39.7 Å². The molecule has 6 heteroatoms. The summed E-state index contributed by atoms with van der Waals surface area (Å²) >= 11 is 1.98. The number of guanidine groups is 1. The van der Waals surface area contributed by atoms with Crippen LogP contribution >= 0.6 is 35.7 Å². The fourth-order valence-corrected chi connectivity index (χ4v) is 4.17. The Kier molecular flexibility index (Phi) is 8.42. The van der Waals surface area contributed by atoms with Crippen molar-refractivity contribution in [3.63, 3.8) is 0 Å². The average molecular weight is 472 g/mol. The molecule has 3 rings (SSSR count). The summed E-state index contributed by atoms with van der Waals surface area (Å²) in [5, 5.41) is 7.81. The van der Waals surface area contributed by atoms with Crippen LogP contribution in [0, 0.1) is 0 Å². The summed E-state index contributed by atoms with van der Waals surface area (Å²) in [6.07, 6.45) is 10.4. The molecule has 1 heterocycles. The lowest BCUT2D eigenvalue weighted by molar-refractivity contribution is 0.614. The van der Waals surface area contributed by atoms with E-state index in [0.29, 0.717) is 6.04 Å². The van der Waals surface area contributed by atoms with Crippen LogP contribution in [0.2, 0.25) is 0 Å². The number of halogens is 1. The maximum atomic E-state index is 4.37. The Morgan fingerprint density at radius 2 is 1.92 bits per heavy atom. The molecule has 1 fully saturated rings. The fourth-order valence-electron chi connectivity index (χ4n) is 3.37. The van der Waals surface area contributed by atoms with Crippen LogP contribution in [0.3, 0.4) is 0 Å². The minimum atomic E-state index is 0. The van der Waals surface area contributed by atoms with E-state index < -0.39 is 0 Å². The number of aliphatic imine (C=N–C) groups is 1. The van der Waals surface area contributed by atoms with Crippen molar-refractivity contribution in [2.45, 2.75) is 37.1 Å². The van der Waals surface area contributed by atoms with Crippen LogP contribution in [0.5, 0.6) is 0 Å². The van der Waals surface area contributed by atoms with Crippen molar-refractivity contribution < 1.29 is 0 Å². The largest absolute Gasteiger partial charge is 0.364 e. The molecule has 2 aliphatic rings. The van der Waals surface area contributed by atoms with Crippen molar-refractivity contribution >= 4 is 47.4 Å². The summed E-state index contributed by atoms with van der Waals surface area (Å²) in [5.41, 5.74) is 2.57. The van der Waals surface area contributed by atoms with Crippen LogP contribution < -0.4 is 15.5 Å². The number of thioether (sulfide) groups is 1. The Morgan fingerprint density at radius 3 is 2.52 bits per heavy atom. The first-order chi connectivity index (χ1) is 11.8. The van der Waals surface area contributed by atoms with Crippen molar-refractivity contribution in [2.24, 2.45) is 4.99 Å². The molecule has 0 radical (unpaired) electrons. The molecule has 1 aliphatic carbocycles. The highest BCUT2D eigenvalue weighted by Crippen LogP contribution is 2.28. The molecule has 1 aliphatic heterocycles. The summed E-state index contributed by atoms with van der Waals surface area (Å²) in [6.45, 7) is 2.84. The molecule has 25 heavy (non-hydrogen) atoms. The minimum absolute atomic E-state index is 0. The number of rotatable bonds is 5. The van der Waals surface area contributed by atoms with Gasteiger partial charge >= 0.3 is 0 Å². The van der Waals surface area contributed by atoms with Crippen molar-refractivity contribution in [3.05, 3.63) is 42.0 Å². The Balaban J connectivity index is 0.00000225. The Bertz CT molecular complexity index is 580. The highest BCUT2D eigenvalue weighted by atomic mass is 127. The molecule has 0 aromatic heterocycles. The smallest absolute Gasteiger partial charge is 0.191 e. The van der Waals surface area contributed by atoms with Gasteiger partial charge in [-0.2, -0.15) is 11.8 Å². The molecule has 0 bridgehead atoms. The van der Waals surface area contributed by atoms with Crippen LogP contribution in [0.15, 0.2) is 41.4 Å². The molecule has 0 amide bonds. The van der Waals surface area contributed by atoms with Crippen LogP contribution in [0.1, 0.15) is 24.8 Å². The van der Waals surface area contributed by atoms with E-state index >= 15 is 0 Å². The lowest BCUT2D eigenvalue weighted by Crippen LogP contribution is -2.42. The van der Waals surface area contributed by atoms with Crippen LogP contribution in [0.4, 0.5) is 5.69 Å². The molecule has 1 aromatic carbocycles. The second-order valence-electron chi connectivity index (χ2n) is 6.48. The molecule has 1 saturated carbocycles. The molecule has 1 aromatic rings. The summed E-state index contributed by atoms with van der Waals surface area (Å²) in [6, 6.07) is 9.37. The monoisotopic (exact) mass is 472 g/mol. The van der Waals surface area contributed by atoms with Crippen LogP contribution in [-0.2, 0) is 6.54 Å². The van der Waals surface area contributed by atoms with Gasteiger partial charge < -0.3 is 15.5 Å². The van der Waals surface area contributed by atoms with Gasteiger partial charge in [0.1, 0.15) is 0 Å². The molecule has 2 atom stereocenters. The number of anilines is 1. The zero-order valence-corrected chi connectivity index (χ0v) is 18.2. The molecule has 0 spiro atoms. The molecule has 2 unspecified atom stereocenters. The molecule has 4 nitrogen and oxygen atoms in total. The van der Waals surface area contributed by atoms with Crippen molar-refractivity contribution in [1.29, 1.82) is 0 Å². The maximum absolute atomic E-state index is 4.37. The van der Waals surface area contributed by atoms with Crippen LogP contribution in [0.25, 0.3) is 0 Å². The lowest BCUT2D eigenvalue weighted by Gasteiger charge is -2.19. The summed E-state index contributed by atoms with van der Waals surface area (Å²) < 4.78 is 0. The van der Waals surface area contributed by atoms with Crippen molar-refractivity contribution in [3.8, 4) is 0 Å². The van der Waals surface area contributed by atoms with Gasteiger partial charge in [0.05, 0.1) is 0 Å². The fraction of sp³-hybridized carbons (Fsp3) is 0.526. The van der Waals surface area contributed by atoms with E-state index in [2.05, 4.69) is 63.2 Å². The van der Waals surface area contributed by atoms with Gasteiger partial charge in [-0.3, -0.25) is 4.99 Å². The number of hydrogen-bond acceptors (Lipinski definition) is 3. The molecule has 138 valence electrons. The van der Waals surface area contributed by atoms with E-state index in [9.17, 15) is 0 Å². The minimum Gasteiger partial charge on any atom is -0.364 e. The Morgan fingerprint density at radius 1 is 1.20 bits per heavy atom. The predicted octanol–water partition coefficient (Wildman–Crippen LogP) is 3.63. The van der Waals surface area contributed by atoms with E-state index in [1.807, 2.05) is 18.8 Å². The molecule has 0 saturated heterocycles. The quantitative estimate of drug-likeness (QED) is 0.297. The van der Waals surface area contributed by atoms with Gasteiger partial charge in [-0.05, 0) is 43.2 Å². The third kappa shape index (κ3) is 5.81. The van der Waals surface area contributed by atoms with E-state index in [0.717, 1.165) is 30.8 Å². The highest BCUT2D eigenvalue weighted by molar-refractivity contribution is 14.0. The predicted molar refractivity (Wildman–Crippen MR) is 121 cm³/mol. The Hall–Kier alpha value is -0.890. The maximum Gasteiger partial charge on any atom is 0.191 e. The second-order valence-corrected chi connectivity index (χ2v) is 7.62. The normalized spacial score (nSPS) is 22.8. The molecular weight excluding hydrogens is 443 g/mol. The zero-order valence-electron chi connectivity index (χ0n) is 15.1. The lowest BCUT2D eigenvalue weighted by atomic mass is 10.2. The first kappa shape index (κ1) is 20.4.